The summed E-state index contributed by atoms with van der Waals surface area (Å²) < 4.78 is 0. The average Bonchev–Trinajstić information content (AvgIpc) is 3.43. The minimum atomic E-state index is -0.879. The summed E-state index contributed by atoms with van der Waals surface area (Å²) in [7, 11) is 0. The quantitative estimate of drug-likeness (QED) is 0.243. The molecule has 4 aromatic carbocycles. The Balaban J connectivity index is 0.000000224. The van der Waals surface area contributed by atoms with Gasteiger partial charge in [0.15, 0.2) is 0 Å². The van der Waals surface area contributed by atoms with Crippen molar-refractivity contribution in [3.8, 4) is 11.5 Å². The van der Waals surface area contributed by atoms with Gasteiger partial charge in [0.05, 0.1) is 11.1 Å². The molecule has 4 aromatic rings. The molecule has 1 aliphatic rings. The van der Waals surface area contributed by atoms with Crippen molar-refractivity contribution in [2.24, 2.45) is 0 Å². The molecular weight excluding hydrogens is 506 g/mol. The van der Waals surface area contributed by atoms with Crippen LogP contribution in [0.15, 0.2) is 91.0 Å². The number of fused-ring (bicyclic) bond motifs is 1. The predicted molar refractivity (Wildman–Crippen MR) is 151 cm³/mol. The van der Waals surface area contributed by atoms with Gasteiger partial charge in [0.25, 0.3) is 0 Å². The Kier molecular flexibility index (Phi) is 12.1. The number of phenolic OH excluding ortho intramolecular Hbond substituents is 2. The predicted octanol–water partition coefficient (Wildman–Crippen LogP) is 6.08. The van der Waals surface area contributed by atoms with Crippen LogP contribution < -0.4 is 0 Å². The van der Waals surface area contributed by atoms with E-state index in [0.29, 0.717) is 11.1 Å². The number of rotatable bonds is 5. The van der Waals surface area contributed by atoms with E-state index in [1.807, 2.05) is 12.1 Å². The Morgan fingerprint density at radius 3 is 1.71 bits per heavy atom. The Labute approximate surface area is 228 Å². The van der Waals surface area contributed by atoms with E-state index in [1.54, 1.807) is 66.7 Å². The largest absolute Gasteiger partial charge is 0.508 e. The topological polar surface area (TPSA) is 118 Å². The number of hydrogen-bond donors (Lipinski definition) is 4. The lowest BCUT2D eigenvalue weighted by molar-refractivity contribution is 0.0686. The number of carboxylic acids is 2. The van der Waals surface area contributed by atoms with Crippen LogP contribution in [0.2, 0.25) is 0 Å². The second kappa shape index (κ2) is 15.2. The molecule has 4 N–H and O–H groups in total. The standard InChI is InChI=1S/C16H19NO2.2C7H6O2.ClH/c18-14-10-13-5-3-4-12(16(13)15(19)11-14)6-9-17-7-1-2-8-17;2*8-7(9)6-4-2-1-3-5-6;/h3-5,10-11,18-19H,1-2,6-9H2;2*1-5H,(H,8,9);1H. The molecule has 0 aromatic heterocycles. The number of carboxylic acid groups (broad SMARTS) is 2. The molecule has 5 rings (SSSR count). The summed E-state index contributed by atoms with van der Waals surface area (Å²) in [6, 6.07) is 25.7. The summed E-state index contributed by atoms with van der Waals surface area (Å²) in [6.45, 7) is 3.43. The number of likely N-dealkylation sites (tertiary alicyclic amines) is 1. The van der Waals surface area contributed by atoms with Crippen LogP contribution in [-0.2, 0) is 6.42 Å². The smallest absolute Gasteiger partial charge is 0.335 e. The molecule has 7 nitrogen and oxygen atoms in total. The zero-order chi connectivity index (χ0) is 26.6. The fourth-order valence-electron chi connectivity index (χ4n) is 4.12. The maximum atomic E-state index is 10.2. The first kappa shape index (κ1) is 30.2. The zero-order valence-electron chi connectivity index (χ0n) is 20.9. The van der Waals surface area contributed by atoms with E-state index in [9.17, 15) is 19.8 Å². The van der Waals surface area contributed by atoms with E-state index in [0.717, 1.165) is 29.3 Å². The summed E-state index contributed by atoms with van der Waals surface area (Å²) in [4.78, 5) is 22.9. The first-order chi connectivity index (χ1) is 17.8. The highest BCUT2D eigenvalue weighted by Gasteiger charge is 2.13. The fraction of sp³-hybridized carbons (Fsp3) is 0.200. The van der Waals surface area contributed by atoms with Crippen LogP contribution in [0.3, 0.4) is 0 Å². The molecule has 0 atom stereocenters. The van der Waals surface area contributed by atoms with Gasteiger partial charge in [0.2, 0.25) is 0 Å². The third-order valence-electron chi connectivity index (χ3n) is 5.96. The monoisotopic (exact) mass is 537 g/mol. The van der Waals surface area contributed by atoms with Crippen molar-refractivity contribution in [3.05, 3.63) is 108 Å². The van der Waals surface area contributed by atoms with Gasteiger partial charge in [-0.3, -0.25) is 0 Å². The average molecular weight is 538 g/mol. The molecule has 0 radical (unpaired) electrons. The third kappa shape index (κ3) is 9.10. The minimum absolute atomic E-state index is 0. The minimum Gasteiger partial charge on any atom is -0.508 e. The molecule has 0 aliphatic carbocycles. The van der Waals surface area contributed by atoms with Crippen molar-refractivity contribution in [2.45, 2.75) is 19.3 Å². The van der Waals surface area contributed by atoms with E-state index in [2.05, 4.69) is 11.0 Å². The van der Waals surface area contributed by atoms with Gasteiger partial charge < -0.3 is 25.3 Å². The molecule has 38 heavy (non-hydrogen) atoms. The van der Waals surface area contributed by atoms with Crippen LogP contribution in [0.1, 0.15) is 39.1 Å². The molecule has 0 saturated carbocycles. The van der Waals surface area contributed by atoms with E-state index < -0.39 is 11.9 Å². The van der Waals surface area contributed by atoms with Gasteiger partial charge >= 0.3 is 11.9 Å². The Bertz CT molecular complexity index is 1260. The summed E-state index contributed by atoms with van der Waals surface area (Å²) in [5, 5.41) is 38.1. The molecule has 1 saturated heterocycles. The number of aromatic carboxylic acids is 2. The molecule has 0 bridgehead atoms. The van der Waals surface area contributed by atoms with Gasteiger partial charge in [0, 0.05) is 18.0 Å². The highest BCUT2D eigenvalue weighted by Crippen LogP contribution is 2.32. The van der Waals surface area contributed by atoms with Crippen molar-refractivity contribution in [1.82, 2.24) is 4.90 Å². The van der Waals surface area contributed by atoms with E-state index in [1.165, 1.54) is 32.0 Å². The molecule has 0 unspecified atom stereocenters. The Hall–Kier alpha value is -4.07. The highest BCUT2D eigenvalue weighted by atomic mass is 35.5. The van der Waals surface area contributed by atoms with Crippen molar-refractivity contribution >= 4 is 35.1 Å². The van der Waals surface area contributed by atoms with Gasteiger partial charge in [-0.05, 0) is 73.6 Å². The second-order valence-corrected chi connectivity index (χ2v) is 8.62. The number of benzene rings is 4. The molecule has 0 amide bonds. The number of phenols is 2. The normalized spacial score (nSPS) is 12.3. The Morgan fingerprint density at radius 2 is 1.24 bits per heavy atom. The number of aromatic hydroxyl groups is 2. The first-order valence-corrected chi connectivity index (χ1v) is 12.1. The maximum absolute atomic E-state index is 10.2. The summed E-state index contributed by atoms with van der Waals surface area (Å²) in [5.41, 5.74) is 1.82. The van der Waals surface area contributed by atoms with Crippen molar-refractivity contribution < 1.29 is 30.0 Å². The van der Waals surface area contributed by atoms with Crippen LogP contribution in [0.25, 0.3) is 10.8 Å². The molecule has 200 valence electrons. The lowest BCUT2D eigenvalue weighted by Gasteiger charge is -2.15. The SMILES string of the molecule is Cl.O=C(O)c1ccccc1.O=C(O)c1ccccc1.Oc1cc(O)c2c(CCN3CCCC3)cccc2c1. The van der Waals surface area contributed by atoms with E-state index >= 15 is 0 Å². The van der Waals surface area contributed by atoms with Crippen molar-refractivity contribution in [2.75, 3.05) is 19.6 Å². The zero-order valence-corrected chi connectivity index (χ0v) is 21.7. The summed E-state index contributed by atoms with van der Waals surface area (Å²) in [5.74, 6) is -1.47. The van der Waals surface area contributed by atoms with Crippen molar-refractivity contribution in [3.63, 3.8) is 0 Å². The van der Waals surface area contributed by atoms with Gasteiger partial charge in [-0.1, -0.05) is 54.6 Å². The first-order valence-electron chi connectivity index (χ1n) is 12.1. The lowest BCUT2D eigenvalue weighted by Crippen LogP contribution is -2.21. The molecule has 1 fully saturated rings. The molecule has 1 aliphatic heterocycles. The van der Waals surface area contributed by atoms with Crippen LogP contribution in [0.4, 0.5) is 0 Å². The van der Waals surface area contributed by atoms with Crippen LogP contribution in [0.5, 0.6) is 11.5 Å². The fourth-order valence-corrected chi connectivity index (χ4v) is 4.12. The van der Waals surface area contributed by atoms with E-state index in [-0.39, 0.29) is 23.9 Å². The van der Waals surface area contributed by atoms with E-state index in [4.69, 9.17) is 10.2 Å². The number of carbonyl (C=O) groups is 2. The van der Waals surface area contributed by atoms with Crippen molar-refractivity contribution in [1.29, 1.82) is 0 Å². The maximum Gasteiger partial charge on any atom is 0.335 e. The molecular formula is C30H32ClNO6. The van der Waals surface area contributed by atoms with Crippen LogP contribution >= 0.6 is 12.4 Å². The van der Waals surface area contributed by atoms with Gasteiger partial charge in [-0.2, -0.15) is 0 Å². The van der Waals surface area contributed by atoms with Crippen LogP contribution in [-0.4, -0.2) is 56.9 Å². The van der Waals surface area contributed by atoms with Crippen LogP contribution in [0, 0.1) is 0 Å². The second-order valence-electron chi connectivity index (χ2n) is 8.62. The Morgan fingerprint density at radius 1 is 0.711 bits per heavy atom. The number of nitrogens with zero attached hydrogens (tertiary/aromatic N) is 1. The van der Waals surface area contributed by atoms with Gasteiger partial charge in [0.1, 0.15) is 11.5 Å². The molecule has 8 heteroatoms. The highest BCUT2D eigenvalue weighted by molar-refractivity contribution is 5.92. The van der Waals surface area contributed by atoms with Gasteiger partial charge in [-0.25, -0.2) is 9.59 Å². The number of halogens is 1. The third-order valence-corrected chi connectivity index (χ3v) is 5.96. The summed E-state index contributed by atoms with van der Waals surface area (Å²) >= 11 is 0. The molecule has 0 spiro atoms. The lowest BCUT2D eigenvalue weighted by atomic mass is 10.0. The summed E-state index contributed by atoms with van der Waals surface area (Å²) in [6.07, 6.45) is 3.54. The molecule has 1 heterocycles. The number of hydrogen-bond acceptors (Lipinski definition) is 5. The van der Waals surface area contributed by atoms with Gasteiger partial charge in [-0.15, -0.1) is 12.4 Å².